The molecule has 0 atom stereocenters. The van der Waals surface area contributed by atoms with E-state index >= 15 is 0 Å². The molecule has 3 aromatic rings. The summed E-state index contributed by atoms with van der Waals surface area (Å²) >= 11 is 3.30. The van der Waals surface area contributed by atoms with Crippen molar-refractivity contribution in [1.82, 2.24) is 15.2 Å². The van der Waals surface area contributed by atoms with Crippen molar-refractivity contribution in [2.24, 2.45) is 0 Å². The number of nitrogens with one attached hydrogen (secondary N) is 2. The number of rotatable bonds is 10. The number of hydrogen-bond acceptors (Lipinski definition) is 10. The molecule has 1 fully saturated rings. The number of pyridine rings is 1. The summed E-state index contributed by atoms with van der Waals surface area (Å²) in [6, 6.07) is 11.9. The Kier molecular flexibility index (Phi) is 9.15. The van der Waals surface area contributed by atoms with Crippen molar-refractivity contribution < 1.29 is 14.3 Å². The summed E-state index contributed by atoms with van der Waals surface area (Å²) in [6.07, 6.45) is 0.439. The van der Waals surface area contributed by atoms with Crippen LogP contribution in [0.1, 0.15) is 30.1 Å². The van der Waals surface area contributed by atoms with Crippen molar-refractivity contribution in [2.75, 3.05) is 48.4 Å². The Morgan fingerprint density at radius 1 is 1.20 bits per heavy atom. The van der Waals surface area contributed by atoms with E-state index in [0.717, 1.165) is 64.8 Å². The monoisotopic (exact) mass is 514 g/mol. The van der Waals surface area contributed by atoms with Gasteiger partial charge in [-0.2, -0.15) is 0 Å². The zero-order valence-electron chi connectivity index (χ0n) is 20.0. The standard InChI is InChI=1S/C24H30N6O3S2/c1-3-22-28-29-24(35-22)34-16-19-13-20(30-8-10-32-11-9-30)14-21(26-19)25-15-17-6-5-7-18(12-17)27-23(31)33-4-2/h5-7,12-14H,3-4,8-11,15-16H2,1-2H3,(H,25,26)(H,27,31). The number of morpholine rings is 1. The van der Waals surface area contributed by atoms with Crippen LogP contribution >= 0.6 is 23.1 Å². The molecule has 1 amide bonds. The molecular weight excluding hydrogens is 484 g/mol. The van der Waals surface area contributed by atoms with Crippen molar-refractivity contribution in [2.45, 2.75) is 36.9 Å². The Bertz CT molecular complexity index is 1120. The van der Waals surface area contributed by atoms with E-state index in [4.69, 9.17) is 14.5 Å². The third-order valence-electron chi connectivity index (χ3n) is 5.26. The first-order valence-electron chi connectivity index (χ1n) is 11.7. The number of amides is 1. The molecule has 0 spiro atoms. The molecule has 1 aromatic carbocycles. The number of aromatic nitrogens is 3. The van der Waals surface area contributed by atoms with Gasteiger partial charge in [-0.15, -0.1) is 10.2 Å². The quantitative estimate of drug-likeness (QED) is 0.369. The topological polar surface area (TPSA) is 102 Å². The normalized spacial score (nSPS) is 13.5. The van der Waals surface area contributed by atoms with Crippen molar-refractivity contribution in [3.63, 3.8) is 0 Å². The van der Waals surface area contributed by atoms with Gasteiger partial charge in [0.05, 0.1) is 25.5 Å². The van der Waals surface area contributed by atoms with Gasteiger partial charge in [0.2, 0.25) is 0 Å². The third kappa shape index (κ3) is 7.55. The minimum absolute atomic E-state index is 0.331. The lowest BCUT2D eigenvalue weighted by molar-refractivity contribution is 0.122. The number of aryl methyl sites for hydroxylation is 1. The lowest BCUT2D eigenvalue weighted by atomic mass is 10.2. The number of ether oxygens (including phenoxy) is 2. The molecule has 4 rings (SSSR count). The maximum atomic E-state index is 11.7. The van der Waals surface area contributed by atoms with Crippen molar-refractivity contribution in [3.8, 4) is 0 Å². The van der Waals surface area contributed by atoms with E-state index in [9.17, 15) is 4.79 Å². The van der Waals surface area contributed by atoms with E-state index in [1.807, 2.05) is 24.3 Å². The maximum Gasteiger partial charge on any atom is 0.411 e. The number of carbonyl (C=O) groups is 1. The van der Waals surface area contributed by atoms with Crippen LogP contribution in [0.5, 0.6) is 0 Å². The van der Waals surface area contributed by atoms with Crippen molar-refractivity contribution in [1.29, 1.82) is 0 Å². The highest BCUT2D eigenvalue weighted by atomic mass is 32.2. The van der Waals surface area contributed by atoms with Crippen molar-refractivity contribution >= 4 is 46.4 Å². The predicted octanol–water partition coefficient (Wildman–Crippen LogP) is 4.80. The smallest absolute Gasteiger partial charge is 0.411 e. The minimum atomic E-state index is -0.457. The van der Waals surface area contributed by atoms with Gasteiger partial charge in [-0.05, 0) is 37.1 Å². The molecule has 1 aliphatic rings. The molecule has 3 heterocycles. The molecule has 0 unspecified atom stereocenters. The summed E-state index contributed by atoms with van der Waals surface area (Å²) in [5.41, 5.74) is 3.83. The second-order valence-electron chi connectivity index (χ2n) is 7.80. The molecule has 0 aliphatic carbocycles. The van der Waals surface area contributed by atoms with Gasteiger partial charge in [-0.3, -0.25) is 5.32 Å². The summed E-state index contributed by atoms with van der Waals surface area (Å²) in [6.45, 7) is 7.92. The number of hydrogen-bond donors (Lipinski definition) is 2. The van der Waals surface area contributed by atoms with Crippen LogP contribution in [0, 0.1) is 0 Å². The number of anilines is 3. The van der Waals surface area contributed by atoms with Crippen LogP contribution < -0.4 is 15.5 Å². The fourth-order valence-corrected chi connectivity index (χ4v) is 5.28. The van der Waals surface area contributed by atoms with E-state index in [1.165, 1.54) is 0 Å². The molecule has 11 heteroatoms. The molecule has 0 radical (unpaired) electrons. The predicted molar refractivity (Wildman–Crippen MR) is 141 cm³/mol. The van der Waals surface area contributed by atoms with Crippen LogP contribution in [0.25, 0.3) is 0 Å². The minimum Gasteiger partial charge on any atom is -0.450 e. The molecule has 0 bridgehead atoms. The highest BCUT2D eigenvalue weighted by molar-refractivity contribution is 8.00. The fraction of sp³-hybridized carbons (Fsp3) is 0.417. The molecule has 1 saturated heterocycles. The van der Waals surface area contributed by atoms with Crippen LogP contribution in [0.3, 0.4) is 0 Å². The summed E-state index contributed by atoms with van der Waals surface area (Å²) in [7, 11) is 0. The SMILES string of the molecule is CCOC(=O)Nc1cccc(CNc2cc(N3CCOCC3)cc(CSc3nnc(CC)s3)n2)c1. The van der Waals surface area contributed by atoms with Crippen LogP contribution in [0.15, 0.2) is 40.7 Å². The van der Waals surface area contributed by atoms with Gasteiger partial charge in [-0.25, -0.2) is 9.78 Å². The second-order valence-corrected chi connectivity index (χ2v) is 10.1. The van der Waals surface area contributed by atoms with Gasteiger partial charge >= 0.3 is 6.09 Å². The van der Waals surface area contributed by atoms with E-state index in [0.29, 0.717) is 24.6 Å². The van der Waals surface area contributed by atoms with Gasteiger partial charge in [0.25, 0.3) is 0 Å². The maximum absolute atomic E-state index is 11.7. The number of thioether (sulfide) groups is 1. The lowest BCUT2D eigenvalue weighted by Crippen LogP contribution is -2.36. The Hall–Kier alpha value is -2.89. The van der Waals surface area contributed by atoms with E-state index in [2.05, 4.69) is 44.8 Å². The molecule has 2 aromatic heterocycles. The first-order valence-corrected chi connectivity index (χ1v) is 13.5. The first kappa shape index (κ1) is 25.2. The van der Waals surface area contributed by atoms with Crippen LogP contribution in [0.4, 0.5) is 22.0 Å². The Labute approximate surface area is 213 Å². The zero-order valence-corrected chi connectivity index (χ0v) is 21.6. The highest BCUT2D eigenvalue weighted by Gasteiger charge is 2.15. The number of carbonyl (C=O) groups excluding carboxylic acids is 1. The van der Waals surface area contributed by atoms with Crippen LogP contribution in [-0.2, 0) is 28.2 Å². The van der Waals surface area contributed by atoms with Crippen LogP contribution in [0.2, 0.25) is 0 Å². The number of benzene rings is 1. The second kappa shape index (κ2) is 12.7. The van der Waals surface area contributed by atoms with E-state index in [1.54, 1.807) is 30.0 Å². The van der Waals surface area contributed by atoms with Gasteiger partial charge in [0.15, 0.2) is 4.34 Å². The van der Waals surface area contributed by atoms with Crippen LogP contribution in [-0.4, -0.2) is 54.2 Å². The molecule has 186 valence electrons. The summed E-state index contributed by atoms with van der Waals surface area (Å²) in [5, 5.41) is 15.7. The molecule has 35 heavy (non-hydrogen) atoms. The molecule has 1 aliphatic heterocycles. The Balaban J connectivity index is 1.46. The third-order valence-corrected chi connectivity index (χ3v) is 7.49. The largest absolute Gasteiger partial charge is 0.450 e. The van der Waals surface area contributed by atoms with Gasteiger partial charge < -0.3 is 19.7 Å². The average molecular weight is 515 g/mol. The molecular formula is C24H30N6O3S2. The Morgan fingerprint density at radius 2 is 2.06 bits per heavy atom. The Morgan fingerprint density at radius 3 is 2.83 bits per heavy atom. The number of nitrogens with zero attached hydrogens (tertiary/aromatic N) is 4. The summed E-state index contributed by atoms with van der Waals surface area (Å²) < 4.78 is 11.5. The zero-order chi connectivity index (χ0) is 24.5. The molecule has 0 saturated carbocycles. The highest BCUT2D eigenvalue weighted by Crippen LogP contribution is 2.29. The molecule has 2 N–H and O–H groups in total. The molecule has 9 nitrogen and oxygen atoms in total. The van der Waals surface area contributed by atoms with E-state index < -0.39 is 6.09 Å². The average Bonchev–Trinajstić information content (AvgIpc) is 3.35. The van der Waals surface area contributed by atoms with E-state index in [-0.39, 0.29) is 0 Å². The fourth-order valence-electron chi connectivity index (χ4n) is 3.55. The van der Waals surface area contributed by atoms with Gasteiger partial charge in [0, 0.05) is 42.8 Å². The first-order chi connectivity index (χ1) is 17.1. The lowest BCUT2D eigenvalue weighted by Gasteiger charge is -2.29. The summed E-state index contributed by atoms with van der Waals surface area (Å²) in [4.78, 5) is 18.9. The van der Waals surface area contributed by atoms with Gasteiger partial charge in [0.1, 0.15) is 10.8 Å². The van der Waals surface area contributed by atoms with Gasteiger partial charge in [-0.1, -0.05) is 42.2 Å². The summed E-state index contributed by atoms with van der Waals surface area (Å²) in [5.74, 6) is 1.52. The van der Waals surface area contributed by atoms with Crippen molar-refractivity contribution in [3.05, 3.63) is 52.7 Å².